The van der Waals surface area contributed by atoms with Gasteiger partial charge in [0, 0.05) is 35.4 Å². The van der Waals surface area contributed by atoms with Gasteiger partial charge in [-0.1, -0.05) is 0 Å². The standard InChI is InChI=1S/C19H18F4N4O/c1-12(24-7-5-20)15-11-27(16-4-3-6-25-17(15)16)10-13-8-14(19(21,22)23)9-26-18(13)28-2/h3-4,6,8-9,11H,5,7,10H2,1-2H3. The van der Waals surface area contributed by atoms with E-state index in [-0.39, 0.29) is 24.5 Å². The molecule has 3 rings (SSSR count). The maximum Gasteiger partial charge on any atom is 0.417 e. The highest BCUT2D eigenvalue weighted by atomic mass is 19.4. The summed E-state index contributed by atoms with van der Waals surface area (Å²) in [4.78, 5) is 12.3. The number of halogens is 4. The molecule has 0 saturated heterocycles. The first kappa shape index (κ1) is 19.8. The normalized spacial score (nSPS) is 12.6. The summed E-state index contributed by atoms with van der Waals surface area (Å²) in [6.07, 6.45) is -0.397. The van der Waals surface area contributed by atoms with Gasteiger partial charge in [-0.05, 0) is 25.1 Å². The lowest BCUT2D eigenvalue weighted by Gasteiger charge is -2.13. The monoisotopic (exact) mass is 394 g/mol. The summed E-state index contributed by atoms with van der Waals surface area (Å²) in [6, 6.07) is 4.57. The van der Waals surface area contributed by atoms with Crippen LogP contribution in [0.25, 0.3) is 11.0 Å². The van der Waals surface area contributed by atoms with E-state index in [1.807, 2.05) is 6.07 Å². The van der Waals surface area contributed by atoms with E-state index in [0.29, 0.717) is 22.3 Å². The van der Waals surface area contributed by atoms with Crippen molar-refractivity contribution in [1.29, 1.82) is 0 Å². The minimum Gasteiger partial charge on any atom is -0.481 e. The number of ether oxygens (including phenoxy) is 1. The average molecular weight is 394 g/mol. The van der Waals surface area contributed by atoms with Crippen molar-refractivity contribution in [3.63, 3.8) is 0 Å². The summed E-state index contributed by atoms with van der Waals surface area (Å²) in [5.74, 6) is 0.114. The fourth-order valence-electron chi connectivity index (χ4n) is 2.95. The van der Waals surface area contributed by atoms with Crippen LogP contribution in [0.4, 0.5) is 17.6 Å². The summed E-state index contributed by atoms with van der Waals surface area (Å²) >= 11 is 0. The van der Waals surface area contributed by atoms with Crippen molar-refractivity contribution in [2.45, 2.75) is 19.6 Å². The zero-order chi connectivity index (χ0) is 20.3. The minimum atomic E-state index is -4.50. The maximum atomic E-state index is 13.1. The molecule has 0 amide bonds. The lowest BCUT2D eigenvalue weighted by molar-refractivity contribution is -0.137. The Morgan fingerprint density at radius 1 is 1.29 bits per heavy atom. The Bertz CT molecular complexity index is 1010. The fraction of sp³-hybridized carbons (Fsp3) is 0.316. The van der Waals surface area contributed by atoms with E-state index < -0.39 is 18.4 Å². The van der Waals surface area contributed by atoms with Crippen molar-refractivity contribution in [3.05, 3.63) is 53.5 Å². The molecule has 9 heteroatoms. The predicted octanol–water partition coefficient (Wildman–Crippen LogP) is 4.29. The second kappa shape index (κ2) is 7.95. The third-order valence-corrected chi connectivity index (χ3v) is 4.25. The van der Waals surface area contributed by atoms with E-state index in [0.717, 1.165) is 12.3 Å². The molecule has 0 atom stereocenters. The van der Waals surface area contributed by atoms with Gasteiger partial charge in [0.05, 0.1) is 36.8 Å². The Balaban J connectivity index is 2.08. The molecule has 3 aromatic rings. The predicted molar refractivity (Wildman–Crippen MR) is 97.7 cm³/mol. The highest BCUT2D eigenvalue weighted by Gasteiger charge is 2.32. The van der Waals surface area contributed by atoms with E-state index >= 15 is 0 Å². The summed E-state index contributed by atoms with van der Waals surface area (Å²) in [5, 5.41) is 0. The van der Waals surface area contributed by atoms with Crippen LogP contribution in [0.1, 0.15) is 23.6 Å². The molecule has 0 fully saturated rings. The van der Waals surface area contributed by atoms with Gasteiger partial charge in [-0.3, -0.25) is 9.98 Å². The second-order valence-corrected chi connectivity index (χ2v) is 6.09. The molecule has 0 aromatic carbocycles. The summed E-state index contributed by atoms with van der Waals surface area (Å²) < 4.78 is 58.6. The van der Waals surface area contributed by atoms with Crippen LogP contribution in [-0.2, 0) is 12.7 Å². The Morgan fingerprint density at radius 2 is 2.07 bits per heavy atom. The van der Waals surface area contributed by atoms with Crippen molar-refractivity contribution in [2.75, 3.05) is 20.3 Å². The molecule has 0 saturated carbocycles. The zero-order valence-corrected chi connectivity index (χ0v) is 15.3. The molecule has 0 N–H and O–H groups in total. The number of hydrogen-bond acceptors (Lipinski definition) is 4. The Kier molecular flexibility index (Phi) is 5.62. The summed E-state index contributed by atoms with van der Waals surface area (Å²) in [6.45, 7) is 1.31. The first-order valence-corrected chi connectivity index (χ1v) is 8.46. The van der Waals surface area contributed by atoms with E-state index in [9.17, 15) is 17.6 Å². The van der Waals surface area contributed by atoms with Crippen LogP contribution in [0.15, 0.2) is 41.8 Å². The first-order chi connectivity index (χ1) is 13.3. The van der Waals surface area contributed by atoms with E-state index in [2.05, 4.69) is 15.0 Å². The molecule has 5 nitrogen and oxygen atoms in total. The van der Waals surface area contributed by atoms with Crippen molar-refractivity contribution in [2.24, 2.45) is 4.99 Å². The van der Waals surface area contributed by atoms with Gasteiger partial charge in [0.25, 0.3) is 0 Å². The molecule has 0 spiro atoms. The highest BCUT2D eigenvalue weighted by Crippen LogP contribution is 2.32. The van der Waals surface area contributed by atoms with Gasteiger partial charge >= 0.3 is 6.18 Å². The Labute approximate surface area is 158 Å². The molecule has 0 aliphatic heterocycles. The van der Waals surface area contributed by atoms with Crippen LogP contribution < -0.4 is 4.74 Å². The topological polar surface area (TPSA) is 52.3 Å². The number of aliphatic imine (C=N–C) groups is 1. The number of rotatable bonds is 6. The third kappa shape index (κ3) is 3.97. The number of aromatic nitrogens is 3. The van der Waals surface area contributed by atoms with Crippen molar-refractivity contribution in [3.8, 4) is 5.88 Å². The van der Waals surface area contributed by atoms with Gasteiger partial charge in [-0.15, -0.1) is 0 Å². The highest BCUT2D eigenvalue weighted by molar-refractivity contribution is 6.08. The van der Waals surface area contributed by atoms with Gasteiger partial charge in [-0.2, -0.15) is 13.2 Å². The van der Waals surface area contributed by atoms with Crippen molar-refractivity contribution < 1.29 is 22.3 Å². The van der Waals surface area contributed by atoms with Gasteiger partial charge in [0.1, 0.15) is 6.67 Å². The van der Waals surface area contributed by atoms with Gasteiger partial charge < -0.3 is 9.30 Å². The Hall–Kier alpha value is -2.97. The number of hydrogen-bond donors (Lipinski definition) is 0. The zero-order valence-electron chi connectivity index (χ0n) is 15.3. The molecular weight excluding hydrogens is 376 g/mol. The molecule has 0 unspecified atom stereocenters. The number of methoxy groups -OCH3 is 1. The third-order valence-electron chi connectivity index (χ3n) is 4.25. The van der Waals surface area contributed by atoms with E-state index in [1.54, 1.807) is 30.0 Å². The largest absolute Gasteiger partial charge is 0.481 e. The molecule has 28 heavy (non-hydrogen) atoms. The molecule has 148 valence electrons. The maximum absolute atomic E-state index is 13.1. The fourth-order valence-corrected chi connectivity index (χ4v) is 2.95. The van der Waals surface area contributed by atoms with E-state index in [4.69, 9.17) is 4.74 Å². The van der Waals surface area contributed by atoms with Crippen LogP contribution in [0.3, 0.4) is 0 Å². The lowest BCUT2D eigenvalue weighted by atomic mass is 10.2. The number of pyridine rings is 2. The number of alkyl halides is 4. The molecular formula is C19H18F4N4O. The molecule has 0 bridgehead atoms. The van der Waals surface area contributed by atoms with Crippen molar-refractivity contribution in [1.82, 2.24) is 14.5 Å². The molecule has 0 aliphatic carbocycles. The van der Waals surface area contributed by atoms with Gasteiger partial charge in [-0.25, -0.2) is 9.37 Å². The van der Waals surface area contributed by atoms with Gasteiger partial charge in [0.15, 0.2) is 0 Å². The van der Waals surface area contributed by atoms with Gasteiger partial charge in [0.2, 0.25) is 5.88 Å². The molecule has 0 radical (unpaired) electrons. The number of fused-ring (bicyclic) bond motifs is 1. The Morgan fingerprint density at radius 3 is 2.75 bits per heavy atom. The van der Waals surface area contributed by atoms with Crippen LogP contribution in [0.5, 0.6) is 5.88 Å². The van der Waals surface area contributed by atoms with E-state index in [1.165, 1.54) is 7.11 Å². The minimum absolute atomic E-state index is 0.0384. The molecule has 3 aromatic heterocycles. The summed E-state index contributed by atoms with van der Waals surface area (Å²) in [7, 11) is 1.35. The first-order valence-electron chi connectivity index (χ1n) is 8.46. The van der Waals surface area contributed by atoms with Crippen LogP contribution in [0.2, 0.25) is 0 Å². The average Bonchev–Trinajstić information content (AvgIpc) is 3.04. The molecule has 0 aliphatic rings. The second-order valence-electron chi connectivity index (χ2n) is 6.09. The quantitative estimate of drug-likeness (QED) is 0.463. The smallest absolute Gasteiger partial charge is 0.417 e. The van der Waals surface area contributed by atoms with Crippen LogP contribution in [0, 0.1) is 0 Å². The summed E-state index contributed by atoms with van der Waals surface area (Å²) in [5.41, 5.74) is 2.09. The SMILES string of the molecule is COc1ncc(C(F)(F)F)cc1Cn1cc(C(C)=NCCF)c2ncccc21. The lowest BCUT2D eigenvalue weighted by Crippen LogP contribution is -2.09. The number of nitrogens with zero attached hydrogens (tertiary/aromatic N) is 4. The van der Waals surface area contributed by atoms with Crippen LogP contribution in [-0.4, -0.2) is 40.6 Å². The molecule has 3 heterocycles. The van der Waals surface area contributed by atoms with Crippen LogP contribution >= 0.6 is 0 Å². The van der Waals surface area contributed by atoms with Crippen molar-refractivity contribution >= 4 is 16.7 Å².